The minimum absolute atomic E-state index is 0.0896. The van der Waals surface area contributed by atoms with E-state index in [-0.39, 0.29) is 11.5 Å². The number of carbonyl (C=O) groups excluding carboxylic acids is 1. The molecular weight excluding hydrogens is 195 g/mol. The van der Waals surface area contributed by atoms with Crippen molar-refractivity contribution in [3.8, 4) is 6.07 Å². The normalized spacial score (nSPS) is 9.93. The SMILES string of the molecule is CC=CC(=O)Nc1ccc(F)c(C#N)c1. The van der Waals surface area contributed by atoms with E-state index in [1.54, 1.807) is 19.1 Å². The van der Waals surface area contributed by atoms with Gasteiger partial charge in [0.15, 0.2) is 0 Å². The number of amides is 1. The highest BCUT2D eigenvalue weighted by molar-refractivity contribution is 5.99. The molecule has 1 N–H and O–H groups in total. The number of carbonyl (C=O) groups is 1. The standard InChI is InChI=1S/C11H9FN2O/c1-2-3-11(15)14-9-4-5-10(12)8(6-9)7-13/h2-6H,1H3,(H,14,15). The van der Waals surface area contributed by atoms with Gasteiger partial charge in [0.25, 0.3) is 0 Å². The third-order valence-corrected chi connectivity index (χ3v) is 1.67. The molecule has 0 spiro atoms. The summed E-state index contributed by atoms with van der Waals surface area (Å²) in [7, 11) is 0. The summed E-state index contributed by atoms with van der Waals surface area (Å²) in [4.78, 5) is 11.1. The molecule has 1 amide bonds. The van der Waals surface area contributed by atoms with E-state index < -0.39 is 5.82 Å². The maximum atomic E-state index is 12.9. The maximum absolute atomic E-state index is 12.9. The van der Waals surface area contributed by atoms with Crippen LogP contribution in [-0.2, 0) is 4.79 Å². The van der Waals surface area contributed by atoms with Gasteiger partial charge in [0.1, 0.15) is 11.9 Å². The Morgan fingerprint density at radius 3 is 2.93 bits per heavy atom. The van der Waals surface area contributed by atoms with E-state index in [0.29, 0.717) is 5.69 Å². The second kappa shape index (κ2) is 4.91. The second-order valence-electron chi connectivity index (χ2n) is 2.80. The van der Waals surface area contributed by atoms with Crippen molar-refractivity contribution in [2.75, 3.05) is 5.32 Å². The lowest BCUT2D eigenvalue weighted by Gasteiger charge is -2.02. The zero-order valence-electron chi connectivity index (χ0n) is 8.12. The average molecular weight is 204 g/mol. The number of anilines is 1. The van der Waals surface area contributed by atoms with E-state index in [1.165, 1.54) is 18.2 Å². The Hall–Kier alpha value is -2.15. The number of benzene rings is 1. The summed E-state index contributed by atoms with van der Waals surface area (Å²) in [6.07, 6.45) is 2.93. The molecule has 0 fully saturated rings. The zero-order chi connectivity index (χ0) is 11.3. The van der Waals surface area contributed by atoms with Crippen molar-refractivity contribution in [2.24, 2.45) is 0 Å². The zero-order valence-corrected chi connectivity index (χ0v) is 8.12. The number of nitriles is 1. The molecule has 1 rings (SSSR count). The molecule has 0 atom stereocenters. The summed E-state index contributed by atoms with van der Waals surface area (Å²) < 4.78 is 12.9. The molecule has 15 heavy (non-hydrogen) atoms. The van der Waals surface area contributed by atoms with Gasteiger partial charge in [-0.2, -0.15) is 5.26 Å². The maximum Gasteiger partial charge on any atom is 0.248 e. The third kappa shape index (κ3) is 2.92. The van der Waals surface area contributed by atoms with Gasteiger partial charge in [-0.05, 0) is 31.2 Å². The van der Waals surface area contributed by atoms with Crippen LogP contribution in [0.2, 0.25) is 0 Å². The van der Waals surface area contributed by atoms with E-state index in [2.05, 4.69) is 5.32 Å². The van der Waals surface area contributed by atoms with Gasteiger partial charge in [0.05, 0.1) is 5.56 Å². The highest BCUT2D eigenvalue weighted by atomic mass is 19.1. The van der Waals surface area contributed by atoms with Crippen LogP contribution in [0, 0.1) is 17.1 Å². The van der Waals surface area contributed by atoms with Gasteiger partial charge in [-0.3, -0.25) is 4.79 Å². The fourth-order valence-electron chi connectivity index (χ4n) is 1.02. The Labute approximate surface area is 86.8 Å². The van der Waals surface area contributed by atoms with Gasteiger partial charge in [-0.25, -0.2) is 4.39 Å². The number of hydrogen-bond acceptors (Lipinski definition) is 2. The fraction of sp³-hybridized carbons (Fsp3) is 0.0909. The quantitative estimate of drug-likeness (QED) is 0.751. The first-order valence-corrected chi connectivity index (χ1v) is 4.30. The predicted molar refractivity (Wildman–Crippen MR) is 54.6 cm³/mol. The minimum atomic E-state index is -0.596. The summed E-state index contributed by atoms with van der Waals surface area (Å²) in [5.41, 5.74) is 0.310. The lowest BCUT2D eigenvalue weighted by Crippen LogP contribution is -2.07. The molecule has 3 nitrogen and oxygen atoms in total. The van der Waals surface area contributed by atoms with E-state index in [0.717, 1.165) is 6.07 Å². The lowest BCUT2D eigenvalue weighted by molar-refractivity contribution is -0.111. The predicted octanol–water partition coefficient (Wildman–Crippen LogP) is 2.21. The van der Waals surface area contributed by atoms with E-state index in [4.69, 9.17) is 5.26 Å². The van der Waals surface area contributed by atoms with Crippen LogP contribution in [0.3, 0.4) is 0 Å². The fourth-order valence-corrected chi connectivity index (χ4v) is 1.02. The summed E-state index contributed by atoms with van der Waals surface area (Å²) in [6, 6.07) is 5.53. The van der Waals surface area contributed by atoms with Crippen LogP contribution in [0.1, 0.15) is 12.5 Å². The molecule has 0 aliphatic heterocycles. The van der Waals surface area contributed by atoms with Crippen molar-refractivity contribution in [1.82, 2.24) is 0 Å². The first-order valence-electron chi connectivity index (χ1n) is 4.30. The van der Waals surface area contributed by atoms with Gasteiger partial charge in [-0.1, -0.05) is 6.08 Å². The molecule has 1 aromatic carbocycles. The number of allylic oxidation sites excluding steroid dienone is 1. The largest absolute Gasteiger partial charge is 0.322 e. The topological polar surface area (TPSA) is 52.9 Å². The number of rotatable bonds is 2. The van der Waals surface area contributed by atoms with Crippen molar-refractivity contribution in [3.05, 3.63) is 41.7 Å². The molecule has 76 valence electrons. The molecule has 0 radical (unpaired) electrons. The Balaban J connectivity index is 2.89. The monoisotopic (exact) mass is 204 g/mol. The van der Waals surface area contributed by atoms with Crippen LogP contribution in [-0.4, -0.2) is 5.91 Å². The molecule has 0 aliphatic rings. The van der Waals surface area contributed by atoms with Crippen molar-refractivity contribution >= 4 is 11.6 Å². The van der Waals surface area contributed by atoms with Crippen LogP contribution in [0.5, 0.6) is 0 Å². The minimum Gasteiger partial charge on any atom is -0.322 e. The summed E-state index contributed by atoms with van der Waals surface area (Å²) >= 11 is 0. The average Bonchev–Trinajstić information content (AvgIpc) is 2.21. The Kier molecular flexibility index (Phi) is 3.58. The van der Waals surface area contributed by atoms with E-state index in [1.807, 2.05) is 0 Å². The van der Waals surface area contributed by atoms with Gasteiger partial charge >= 0.3 is 0 Å². The van der Waals surface area contributed by atoms with Crippen LogP contribution < -0.4 is 5.32 Å². The third-order valence-electron chi connectivity index (χ3n) is 1.67. The van der Waals surface area contributed by atoms with Crippen molar-refractivity contribution < 1.29 is 9.18 Å². The molecule has 0 saturated carbocycles. The number of nitrogens with one attached hydrogen (secondary N) is 1. The molecular formula is C11H9FN2O. The Morgan fingerprint density at radius 2 is 2.33 bits per heavy atom. The van der Waals surface area contributed by atoms with Crippen molar-refractivity contribution in [3.63, 3.8) is 0 Å². The van der Waals surface area contributed by atoms with Crippen molar-refractivity contribution in [1.29, 1.82) is 5.26 Å². The summed E-state index contributed by atoms with van der Waals surface area (Å²) in [6.45, 7) is 1.71. The lowest BCUT2D eigenvalue weighted by atomic mass is 10.2. The van der Waals surface area contributed by atoms with Gasteiger partial charge < -0.3 is 5.32 Å². The molecule has 0 saturated heterocycles. The number of halogens is 1. The molecule has 1 aromatic rings. The highest BCUT2D eigenvalue weighted by Gasteiger charge is 2.03. The smallest absolute Gasteiger partial charge is 0.248 e. The van der Waals surface area contributed by atoms with Gasteiger partial charge in [0.2, 0.25) is 5.91 Å². The molecule has 0 bridgehead atoms. The van der Waals surface area contributed by atoms with Gasteiger partial charge in [-0.15, -0.1) is 0 Å². The Morgan fingerprint density at radius 1 is 1.60 bits per heavy atom. The van der Waals surface area contributed by atoms with Crippen LogP contribution in [0.4, 0.5) is 10.1 Å². The first kappa shape index (κ1) is 10.9. The molecule has 0 aromatic heterocycles. The van der Waals surface area contributed by atoms with Gasteiger partial charge in [0, 0.05) is 5.69 Å². The molecule has 0 aliphatic carbocycles. The van der Waals surface area contributed by atoms with E-state index >= 15 is 0 Å². The van der Waals surface area contributed by atoms with Crippen LogP contribution >= 0.6 is 0 Å². The van der Waals surface area contributed by atoms with Crippen LogP contribution in [0.15, 0.2) is 30.4 Å². The second-order valence-corrected chi connectivity index (χ2v) is 2.80. The highest BCUT2D eigenvalue weighted by Crippen LogP contribution is 2.13. The number of nitrogens with zero attached hydrogens (tertiary/aromatic N) is 1. The molecule has 4 heteroatoms. The van der Waals surface area contributed by atoms with E-state index in [9.17, 15) is 9.18 Å². The summed E-state index contributed by atoms with van der Waals surface area (Å²) in [5.74, 6) is -0.908. The summed E-state index contributed by atoms with van der Waals surface area (Å²) in [5, 5.41) is 11.1. The first-order chi connectivity index (χ1) is 7.17. The van der Waals surface area contributed by atoms with Crippen LogP contribution in [0.25, 0.3) is 0 Å². The van der Waals surface area contributed by atoms with Crippen molar-refractivity contribution in [2.45, 2.75) is 6.92 Å². The number of hydrogen-bond donors (Lipinski definition) is 1. The molecule has 0 unspecified atom stereocenters. The molecule has 0 heterocycles. The Bertz CT molecular complexity index is 446.